The van der Waals surface area contributed by atoms with Crippen LogP contribution in [0.25, 0.3) is 5.70 Å². The largest absolute Gasteiger partial charge is 0.486 e. The van der Waals surface area contributed by atoms with Gasteiger partial charge in [-0.1, -0.05) is 57.2 Å². The quantitative estimate of drug-likeness (QED) is 0.577. The van der Waals surface area contributed by atoms with Gasteiger partial charge >= 0.3 is 6.03 Å². The Kier molecular flexibility index (Phi) is 6.67. The molecule has 3 unspecified atom stereocenters. The summed E-state index contributed by atoms with van der Waals surface area (Å²) in [6.45, 7) is 9.12. The SMILES string of the molecule is CN(Cc1ccc(C(=C=O)N2CC3(C)CC2CC(C)(C)C3)cc1)C(=O)NCC1COc2ccccc2O1. The maximum atomic E-state index is 12.7. The fraction of sp³-hybridized carbons (Fsp3) is 0.500. The summed E-state index contributed by atoms with van der Waals surface area (Å²) < 4.78 is 11.6. The molecule has 3 atom stereocenters. The highest BCUT2D eigenvalue weighted by atomic mass is 16.6. The first-order chi connectivity index (χ1) is 17.6. The van der Waals surface area contributed by atoms with Gasteiger partial charge in [-0.15, -0.1) is 0 Å². The van der Waals surface area contributed by atoms with Gasteiger partial charge in [-0.3, -0.25) is 0 Å². The van der Waals surface area contributed by atoms with Crippen LogP contribution in [-0.4, -0.2) is 60.7 Å². The van der Waals surface area contributed by atoms with E-state index in [0.717, 1.165) is 36.3 Å². The number of rotatable bonds is 6. The van der Waals surface area contributed by atoms with Gasteiger partial charge in [0, 0.05) is 31.7 Å². The molecule has 3 aliphatic rings. The van der Waals surface area contributed by atoms with E-state index in [0.29, 0.717) is 37.2 Å². The lowest BCUT2D eigenvalue weighted by molar-refractivity contribution is 0.0904. The smallest absolute Gasteiger partial charge is 0.317 e. The minimum atomic E-state index is -0.238. The monoisotopic (exact) mass is 503 g/mol. The molecule has 5 rings (SSSR count). The number of nitrogens with one attached hydrogen (secondary N) is 1. The lowest BCUT2D eigenvalue weighted by Crippen LogP contribution is -2.44. The van der Waals surface area contributed by atoms with Crippen molar-refractivity contribution in [1.29, 1.82) is 0 Å². The fourth-order valence-electron chi connectivity index (χ4n) is 6.62. The molecule has 1 saturated carbocycles. The Labute approximate surface area is 219 Å². The molecule has 2 heterocycles. The van der Waals surface area contributed by atoms with Gasteiger partial charge < -0.3 is 24.6 Å². The summed E-state index contributed by atoms with van der Waals surface area (Å²) in [5.41, 5.74) is 3.06. The van der Waals surface area contributed by atoms with Crippen LogP contribution in [0, 0.1) is 10.8 Å². The first-order valence-corrected chi connectivity index (χ1v) is 13.1. The molecule has 37 heavy (non-hydrogen) atoms. The van der Waals surface area contributed by atoms with Gasteiger partial charge in [-0.2, -0.15) is 0 Å². The predicted octanol–water partition coefficient (Wildman–Crippen LogP) is 4.74. The molecule has 7 nitrogen and oxygen atoms in total. The number of benzene rings is 2. The number of urea groups is 1. The summed E-state index contributed by atoms with van der Waals surface area (Å²) >= 11 is 0. The second-order valence-electron chi connectivity index (χ2n) is 12.0. The molecule has 7 heteroatoms. The van der Waals surface area contributed by atoms with Crippen molar-refractivity contribution in [3.05, 3.63) is 59.7 Å². The van der Waals surface area contributed by atoms with E-state index in [2.05, 4.69) is 36.9 Å². The second kappa shape index (κ2) is 9.79. The van der Waals surface area contributed by atoms with E-state index in [1.54, 1.807) is 11.9 Å². The number of fused-ring (bicyclic) bond motifs is 3. The van der Waals surface area contributed by atoms with Gasteiger partial charge in [0.25, 0.3) is 0 Å². The van der Waals surface area contributed by atoms with Crippen LogP contribution in [0.15, 0.2) is 48.5 Å². The second-order valence-corrected chi connectivity index (χ2v) is 12.0. The Bertz CT molecular complexity index is 1200. The van der Waals surface area contributed by atoms with Crippen LogP contribution in [0.5, 0.6) is 11.5 Å². The number of carbonyl (C=O) groups is 1. The molecule has 2 amide bonds. The Morgan fingerprint density at radius 1 is 1.11 bits per heavy atom. The van der Waals surface area contributed by atoms with Gasteiger partial charge in [-0.25, -0.2) is 9.59 Å². The molecule has 2 fully saturated rings. The molecule has 2 aliphatic heterocycles. The molecular formula is C30H37N3O4. The van der Waals surface area contributed by atoms with Crippen molar-refractivity contribution in [2.24, 2.45) is 10.8 Å². The van der Waals surface area contributed by atoms with Gasteiger partial charge in [-0.05, 0) is 47.8 Å². The minimum Gasteiger partial charge on any atom is -0.486 e. The maximum Gasteiger partial charge on any atom is 0.317 e. The number of hydrogen-bond acceptors (Lipinski definition) is 5. The molecule has 0 radical (unpaired) electrons. The molecule has 1 N–H and O–H groups in total. The lowest BCUT2D eigenvalue weighted by Gasteiger charge is -2.39. The Morgan fingerprint density at radius 2 is 1.84 bits per heavy atom. The number of para-hydroxylation sites is 2. The zero-order valence-corrected chi connectivity index (χ0v) is 22.3. The summed E-state index contributed by atoms with van der Waals surface area (Å²) in [4.78, 5) is 28.7. The van der Waals surface area contributed by atoms with E-state index in [1.807, 2.05) is 48.5 Å². The molecule has 2 aromatic carbocycles. The van der Waals surface area contributed by atoms with Gasteiger partial charge in [0.2, 0.25) is 0 Å². The first-order valence-electron chi connectivity index (χ1n) is 13.1. The first kappa shape index (κ1) is 25.2. The Hall–Kier alpha value is -3.44. The summed E-state index contributed by atoms with van der Waals surface area (Å²) in [6, 6.07) is 15.7. The number of ether oxygens (including phenoxy) is 2. The van der Waals surface area contributed by atoms with Crippen LogP contribution in [0.1, 0.15) is 51.2 Å². The highest BCUT2D eigenvalue weighted by Gasteiger charge is 2.50. The van der Waals surface area contributed by atoms with Gasteiger partial charge in [0.05, 0.1) is 6.54 Å². The summed E-state index contributed by atoms with van der Waals surface area (Å²) in [6.07, 6.45) is 3.16. The third kappa shape index (κ3) is 5.47. The summed E-state index contributed by atoms with van der Waals surface area (Å²) in [7, 11) is 1.76. The molecule has 0 aromatic heterocycles. The van der Waals surface area contributed by atoms with Gasteiger partial charge in [0.1, 0.15) is 12.3 Å². The number of likely N-dealkylation sites (tertiary alicyclic amines) is 1. The van der Waals surface area contributed by atoms with Crippen LogP contribution in [0.2, 0.25) is 0 Å². The molecule has 1 saturated heterocycles. The van der Waals surface area contributed by atoms with Crippen molar-refractivity contribution < 1.29 is 19.1 Å². The van der Waals surface area contributed by atoms with Crippen molar-refractivity contribution in [3.8, 4) is 11.5 Å². The number of hydrogen-bond donors (Lipinski definition) is 1. The third-order valence-electron chi connectivity index (χ3n) is 7.84. The number of nitrogens with zero attached hydrogens (tertiary/aromatic N) is 2. The summed E-state index contributed by atoms with van der Waals surface area (Å²) in [5, 5.41) is 2.93. The fourth-order valence-corrected chi connectivity index (χ4v) is 6.62. The van der Waals surface area contributed by atoms with E-state index >= 15 is 0 Å². The van der Waals surface area contributed by atoms with E-state index in [1.165, 1.54) is 6.42 Å². The average Bonchev–Trinajstić information content (AvgIpc) is 3.12. The van der Waals surface area contributed by atoms with E-state index in [9.17, 15) is 9.59 Å². The number of amides is 2. The van der Waals surface area contributed by atoms with Crippen LogP contribution >= 0.6 is 0 Å². The summed E-state index contributed by atoms with van der Waals surface area (Å²) in [5.74, 6) is 3.67. The minimum absolute atomic E-state index is 0.180. The predicted molar refractivity (Wildman–Crippen MR) is 143 cm³/mol. The topological polar surface area (TPSA) is 71.1 Å². The van der Waals surface area contributed by atoms with Crippen molar-refractivity contribution in [2.45, 2.75) is 58.7 Å². The molecule has 2 bridgehead atoms. The molecule has 2 aromatic rings. The zero-order chi connectivity index (χ0) is 26.2. The normalized spacial score (nSPS) is 25.2. The molecule has 196 valence electrons. The zero-order valence-electron chi connectivity index (χ0n) is 22.3. The van der Waals surface area contributed by atoms with Crippen LogP contribution in [0.3, 0.4) is 0 Å². The van der Waals surface area contributed by atoms with E-state index in [-0.39, 0.29) is 23.0 Å². The van der Waals surface area contributed by atoms with Crippen LogP contribution < -0.4 is 14.8 Å². The third-order valence-corrected chi connectivity index (χ3v) is 7.84. The highest BCUT2D eigenvalue weighted by Crippen LogP contribution is 2.54. The van der Waals surface area contributed by atoms with Crippen LogP contribution in [-0.2, 0) is 11.3 Å². The van der Waals surface area contributed by atoms with Crippen molar-refractivity contribution in [3.63, 3.8) is 0 Å². The van der Waals surface area contributed by atoms with Crippen molar-refractivity contribution in [1.82, 2.24) is 15.1 Å². The van der Waals surface area contributed by atoms with E-state index in [4.69, 9.17) is 9.47 Å². The molecule has 0 spiro atoms. The van der Waals surface area contributed by atoms with Crippen LogP contribution in [0.4, 0.5) is 4.79 Å². The van der Waals surface area contributed by atoms with Gasteiger partial charge in [0.15, 0.2) is 23.5 Å². The highest BCUT2D eigenvalue weighted by molar-refractivity contribution is 5.86. The van der Waals surface area contributed by atoms with Crippen molar-refractivity contribution in [2.75, 3.05) is 26.7 Å². The molecular weight excluding hydrogens is 466 g/mol. The Morgan fingerprint density at radius 3 is 2.57 bits per heavy atom. The van der Waals surface area contributed by atoms with E-state index < -0.39 is 0 Å². The van der Waals surface area contributed by atoms with Crippen molar-refractivity contribution >= 4 is 17.7 Å². The standard InChI is InChI=1S/C30H37N3O4/c1-29(2)13-23-14-30(3,19-29)20-33(23)25(17-34)22-11-9-21(10-12-22)16-32(4)28(35)31-15-24-18-36-26-7-5-6-8-27(26)37-24/h5-12,23-24H,13-16,18-20H2,1-4H3,(H,31,35). The average molecular weight is 504 g/mol. The number of carbonyl (C=O) groups excluding carboxylic acids is 2. The lowest BCUT2D eigenvalue weighted by atomic mass is 9.65. The Balaban J connectivity index is 1.16. The maximum absolute atomic E-state index is 12.7. The molecule has 1 aliphatic carbocycles.